The average Bonchev–Trinajstić information content (AvgIpc) is 2.80. The van der Waals surface area contributed by atoms with Crippen molar-refractivity contribution in [3.05, 3.63) is 12.5 Å². The van der Waals surface area contributed by atoms with E-state index in [1.807, 2.05) is 0 Å². The van der Waals surface area contributed by atoms with Crippen LogP contribution in [0.4, 0.5) is 0 Å². The quantitative estimate of drug-likeness (QED) is 0.667. The second-order valence-corrected chi connectivity index (χ2v) is 3.75. The fourth-order valence-electron chi connectivity index (χ4n) is 0.938. The molecule has 64 valence electrons. The Hall–Kier alpha value is -0.770. The Bertz CT molecular complexity index is 267. The van der Waals surface area contributed by atoms with Gasteiger partial charge in [0.15, 0.2) is 0 Å². The molecular formula is C8H9NO2S. The highest BCUT2D eigenvalue weighted by atomic mass is 32.2. The molecule has 1 fully saturated rings. The summed E-state index contributed by atoms with van der Waals surface area (Å²) in [5.41, 5.74) is 0. The fourth-order valence-corrected chi connectivity index (χ4v) is 1.70. The number of carbonyl (C=O) groups excluding carboxylic acids is 1. The van der Waals surface area contributed by atoms with Gasteiger partial charge in [-0.15, -0.1) is 0 Å². The molecule has 2 rings (SSSR count). The van der Waals surface area contributed by atoms with Gasteiger partial charge in [-0.3, -0.25) is 4.79 Å². The van der Waals surface area contributed by atoms with Crippen molar-refractivity contribution >= 4 is 17.5 Å². The minimum absolute atomic E-state index is 0.332. The minimum atomic E-state index is 0.332. The van der Waals surface area contributed by atoms with Crippen LogP contribution >= 0.6 is 11.8 Å². The maximum Gasteiger partial charge on any atom is 0.255 e. The molecule has 1 aliphatic rings. The third-order valence-electron chi connectivity index (χ3n) is 1.78. The molecule has 1 aromatic rings. The molecule has 1 aliphatic carbocycles. The van der Waals surface area contributed by atoms with Crippen LogP contribution in [0.5, 0.6) is 0 Å². The predicted molar refractivity (Wildman–Crippen MR) is 45.0 cm³/mol. The van der Waals surface area contributed by atoms with Crippen molar-refractivity contribution in [2.24, 2.45) is 5.92 Å². The lowest BCUT2D eigenvalue weighted by molar-refractivity contribution is -0.117. The monoisotopic (exact) mass is 183 g/mol. The smallest absolute Gasteiger partial charge is 0.255 e. The molecule has 1 aromatic heterocycles. The highest BCUT2D eigenvalue weighted by Crippen LogP contribution is 2.31. The van der Waals surface area contributed by atoms with Gasteiger partial charge in [0.25, 0.3) is 5.22 Å². The Labute approximate surface area is 74.5 Å². The fraction of sp³-hybridized carbons (Fsp3) is 0.500. The van der Waals surface area contributed by atoms with Gasteiger partial charge in [0.05, 0.1) is 11.9 Å². The summed E-state index contributed by atoms with van der Waals surface area (Å²) >= 11 is 1.38. The van der Waals surface area contributed by atoms with Gasteiger partial charge >= 0.3 is 0 Å². The van der Waals surface area contributed by atoms with Crippen molar-refractivity contribution < 1.29 is 9.21 Å². The van der Waals surface area contributed by atoms with Gasteiger partial charge in [0.1, 0.15) is 12.0 Å². The molecule has 3 nitrogen and oxygen atoms in total. The van der Waals surface area contributed by atoms with Gasteiger partial charge in [-0.2, -0.15) is 0 Å². The minimum Gasteiger partial charge on any atom is -0.440 e. The van der Waals surface area contributed by atoms with Gasteiger partial charge < -0.3 is 4.42 Å². The van der Waals surface area contributed by atoms with E-state index in [9.17, 15) is 4.79 Å². The molecule has 0 aromatic carbocycles. The molecule has 0 spiro atoms. The Morgan fingerprint density at radius 2 is 2.58 bits per heavy atom. The highest BCUT2D eigenvalue weighted by Gasteiger charge is 2.29. The second kappa shape index (κ2) is 3.31. The van der Waals surface area contributed by atoms with E-state index in [2.05, 4.69) is 4.98 Å². The van der Waals surface area contributed by atoms with E-state index in [0.29, 0.717) is 22.7 Å². The molecule has 0 saturated heterocycles. The zero-order valence-electron chi connectivity index (χ0n) is 6.53. The molecular weight excluding hydrogens is 174 g/mol. The lowest BCUT2D eigenvalue weighted by Crippen LogP contribution is -2.02. The first-order valence-corrected chi connectivity index (χ1v) is 4.90. The van der Waals surface area contributed by atoms with E-state index >= 15 is 0 Å². The van der Waals surface area contributed by atoms with Crippen LogP contribution in [0.2, 0.25) is 0 Å². The molecule has 0 N–H and O–H groups in total. The molecule has 12 heavy (non-hydrogen) atoms. The average molecular weight is 183 g/mol. The van der Waals surface area contributed by atoms with Gasteiger partial charge in [-0.1, -0.05) is 11.8 Å². The van der Waals surface area contributed by atoms with Crippen LogP contribution in [0.1, 0.15) is 12.8 Å². The first-order chi connectivity index (χ1) is 5.86. The Balaban J connectivity index is 1.78. The number of ketones is 1. The number of rotatable bonds is 4. The lowest BCUT2D eigenvalue weighted by atomic mass is 10.3. The molecule has 0 aliphatic heterocycles. The molecule has 0 bridgehead atoms. The van der Waals surface area contributed by atoms with E-state index in [1.165, 1.54) is 18.0 Å². The zero-order valence-corrected chi connectivity index (χ0v) is 7.34. The van der Waals surface area contributed by atoms with Crippen LogP contribution in [0.25, 0.3) is 0 Å². The maximum absolute atomic E-state index is 11.2. The lowest BCUT2D eigenvalue weighted by Gasteiger charge is -1.93. The standard InChI is InChI=1S/C8H9NO2S/c10-7(6-1-2-6)5-12-8-9-3-4-11-8/h3-4,6H,1-2,5H2. The summed E-state index contributed by atoms with van der Waals surface area (Å²) in [7, 11) is 0. The number of thioether (sulfide) groups is 1. The van der Waals surface area contributed by atoms with Gasteiger partial charge in [0.2, 0.25) is 0 Å². The van der Waals surface area contributed by atoms with Gasteiger partial charge in [-0.25, -0.2) is 4.98 Å². The van der Waals surface area contributed by atoms with Crippen molar-refractivity contribution in [3.8, 4) is 0 Å². The first-order valence-electron chi connectivity index (χ1n) is 3.91. The van der Waals surface area contributed by atoms with Crippen LogP contribution in [-0.2, 0) is 4.79 Å². The summed E-state index contributed by atoms with van der Waals surface area (Å²) in [5.74, 6) is 1.18. The third-order valence-corrected chi connectivity index (χ3v) is 2.66. The number of Topliss-reactive ketones (excluding diaryl/α,β-unsaturated/α-hetero) is 1. The van der Waals surface area contributed by atoms with Crippen LogP contribution in [0.3, 0.4) is 0 Å². The summed E-state index contributed by atoms with van der Waals surface area (Å²) in [5, 5.41) is 0.587. The van der Waals surface area contributed by atoms with E-state index < -0.39 is 0 Å². The highest BCUT2D eigenvalue weighted by molar-refractivity contribution is 7.99. The second-order valence-electron chi connectivity index (χ2n) is 2.83. The van der Waals surface area contributed by atoms with Crippen LogP contribution in [-0.4, -0.2) is 16.5 Å². The van der Waals surface area contributed by atoms with Crippen LogP contribution < -0.4 is 0 Å². The van der Waals surface area contributed by atoms with Crippen molar-refractivity contribution in [2.75, 3.05) is 5.75 Å². The zero-order chi connectivity index (χ0) is 8.39. The molecule has 0 radical (unpaired) electrons. The SMILES string of the molecule is O=C(CSc1ncco1)C1CC1. The maximum atomic E-state index is 11.2. The van der Waals surface area contributed by atoms with Crippen molar-refractivity contribution in [1.82, 2.24) is 4.98 Å². The molecule has 0 unspecified atom stereocenters. The van der Waals surface area contributed by atoms with E-state index in [4.69, 9.17) is 4.42 Å². The number of oxazole rings is 1. The van der Waals surface area contributed by atoms with E-state index in [-0.39, 0.29) is 0 Å². The summed E-state index contributed by atoms with van der Waals surface area (Å²) < 4.78 is 4.98. The first kappa shape index (κ1) is 7.86. The molecule has 0 atom stereocenters. The summed E-state index contributed by atoms with van der Waals surface area (Å²) in [6.07, 6.45) is 5.25. The Morgan fingerprint density at radius 3 is 3.17 bits per heavy atom. The Morgan fingerprint density at radius 1 is 1.75 bits per heavy atom. The summed E-state index contributed by atoms with van der Waals surface area (Å²) in [6.45, 7) is 0. The van der Waals surface area contributed by atoms with Crippen molar-refractivity contribution in [2.45, 2.75) is 18.1 Å². The number of hydrogen-bond donors (Lipinski definition) is 0. The van der Waals surface area contributed by atoms with Crippen LogP contribution in [0.15, 0.2) is 22.1 Å². The number of carbonyl (C=O) groups is 1. The predicted octanol–water partition coefficient (Wildman–Crippen LogP) is 1.75. The Kier molecular flexibility index (Phi) is 2.17. The van der Waals surface area contributed by atoms with Crippen molar-refractivity contribution in [3.63, 3.8) is 0 Å². The summed E-state index contributed by atoms with van der Waals surface area (Å²) in [4.78, 5) is 15.1. The van der Waals surface area contributed by atoms with Gasteiger partial charge in [0, 0.05) is 5.92 Å². The largest absolute Gasteiger partial charge is 0.440 e. The molecule has 1 saturated carbocycles. The molecule has 4 heteroatoms. The van der Waals surface area contributed by atoms with Gasteiger partial charge in [-0.05, 0) is 12.8 Å². The topological polar surface area (TPSA) is 43.1 Å². The normalized spacial score (nSPS) is 16.3. The van der Waals surface area contributed by atoms with Crippen LogP contribution in [0, 0.1) is 5.92 Å². The number of aromatic nitrogens is 1. The molecule has 1 heterocycles. The number of hydrogen-bond acceptors (Lipinski definition) is 4. The van der Waals surface area contributed by atoms with E-state index in [1.54, 1.807) is 6.20 Å². The molecule has 0 amide bonds. The van der Waals surface area contributed by atoms with E-state index in [0.717, 1.165) is 12.8 Å². The third kappa shape index (κ3) is 1.88. The van der Waals surface area contributed by atoms with Crippen molar-refractivity contribution in [1.29, 1.82) is 0 Å². The summed E-state index contributed by atoms with van der Waals surface area (Å²) in [6, 6.07) is 0. The number of nitrogens with zero attached hydrogens (tertiary/aromatic N) is 1.